The fourth-order valence-electron chi connectivity index (χ4n) is 1.98. The second-order valence-electron chi connectivity index (χ2n) is 5.38. The van der Waals surface area contributed by atoms with Crippen LogP contribution in [0.2, 0.25) is 0 Å². The van der Waals surface area contributed by atoms with Crippen LogP contribution >= 0.6 is 0 Å². The van der Waals surface area contributed by atoms with Gasteiger partial charge in [0.05, 0.1) is 5.56 Å². The van der Waals surface area contributed by atoms with E-state index in [9.17, 15) is 5.26 Å². The summed E-state index contributed by atoms with van der Waals surface area (Å²) in [4.78, 5) is 0. The molecule has 0 amide bonds. The molecule has 0 bridgehead atoms. The maximum absolute atomic E-state index is 9.28. The van der Waals surface area contributed by atoms with Crippen molar-refractivity contribution in [3.05, 3.63) is 59.7 Å². The minimum Gasteiger partial charge on any atom is -0.456 e. The highest BCUT2D eigenvalue weighted by atomic mass is 16.5. The number of nitrogens with one attached hydrogen (secondary N) is 1. The van der Waals surface area contributed by atoms with Gasteiger partial charge in [-0.25, -0.2) is 0 Å². The van der Waals surface area contributed by atoms with Crippen molar-refractivity contribution in [3.8, 4) is 17.6 Å². The Morgan fingerprint density at radius 3 is 2.57 bits per heavy atom. The largest absolute Gasteiger partial charge is 0.456 e. The standard InChI is InChI=1S/C18H20N2O/c1-14(2)12-20-13-15-8-9-18(16(10-15)11-19)21-17-6-4-3-5-7-17/h3-10,14,20H,12-13H2,1-2H3. The first-order valence-electron chi connectivity index (χ1n) is 7.15. The molecule has 0 aliphatic heterocycles. The number of nitriles is 1. The monoisotopic (exact) mass is 280 g/mol. The van der Waals surface area contributed by atoms with Gasteiger partial charge in [0.25, 0.3) is 0 Å². The van der Waals surface area contributed by atoms with Crippen molar-refractivity contribution in [2.75, 3.05) is 6.54 Å². The van der Waals surface area contributed by atoms with E-state index in [2.05, 4.69) is 25.2 Å². The average molecular weight is 280 g/mol. The molecule has 2 rings (SSSR count). The van der Waals surface area contributed by atoms with Crippen LogP contribution in [0.15, 0.2) is 48.5 Å². The zero-order valence-electron chi connectivity index (χ0n) is 12.5. The number of benzene rings is 2. The summed E-state index contributed by atoms with van der Waals surface area (Å²) >= 11 is 0. The van der Waals surface area contributed by atoms with Gasteiger partial charge in [-0.3, -0.25) is 0 Å². The first-order valence-corrected chi connectivity index (χ1v) is 7.15. The molecule has 1 N–H and O–H groups in total. The molecular formula is C18H20N2O. The summed E-state index contributed by atoms with van der Waals surface area (Å²) in [6, 6.07) is 17.4. The van der Waals surface area contributed by atoms with Gasteiger partial charge in [-0.2, -0.15) is 5.26 Å². The summed E-state index contributed by atoms with van der Waals surface area (Å²) < 4.78 is 5.76. The predicted molar refractivity (Wildman–Crippen MR) is 84.2 cm³/mol. The molecule has 108 valence electrons. The molecule has 0 radical (unpaired) electrons. The van der Waals surface area contributed by atoms with Crippen molar-refractivity contribution >= 4 is 0 Å². The fraction of sp³-hybridized carbons (Fsp3) is 0.278. The Morgan fingerprint density at radius 2 is 1.90 bits per heavy atom. The second-order valence-corrected chi connectivity index (χ2v) is 5.38. The molecule has 0 heterocycles. The van der Waals surface area contributed by atoms with Gasteiger partial charge in [0.15, 0.2) is 0 Å². The summed E-state index contributed by atoms with van der Waals surface area (Å²) in [5.74, 6) is 1.94. The number of ether oxygens (including phenoxy) is 1. The maximum atomic E-state index is 9.28. The van der Waals surface area contributed by atoms with Gasteiger partial charge in [0.2, 0.25) is 0 Å². The number of para-hydroxylation sites is 1. The van der Waals surface area contributed by atoms with Crippen LogP contribution in [0, 0.1) is 17.2 Å². The first kappa shape index (κ1) is 15.1. The third kappa shape index (κ3) is 4.62. The van der Waals surface area contributed by atoms with E-state index >= 15 is 0 Å². The van der Waals surface area contributed by atoms with E-state index in [4.69, 9.17) is 4.74 Å². The van der Waals surface area contributed by atoms with Gasteiger partial charge in [-0.1, -0.05) is 38.1 Å². The molecule has 2 aromatic carbocycles. The normalized spacial score (nSPS) is 10.4. The lowest BCUT2D eigenvalue weighted by molar-refractivity contribution is 0.480. The maximum Gasteiger partial charge on any atom is 0.145 e. The number of nitrogens with zero attached hydrogens (tertiary/aromatic N) is 1. The lowest BCUT2D eigenvalue weighted by atomic mass is 10.1. The summed E-state index contributed by atoms with van der Waals surface area (Å²) in [5.41, 5.74) is 1.65. The Labute approximate surface area is 126 Å². The predicted octanol–water partition coefficient (Wildman–Crippen LogP) is 4.10. The van der Waals surface area contributed by atoms with Crippen LogP contribution in [-0.2, 0) is 6.54 Å². The number of rotatable bonds is 6. The summed E-state index contributed by atoms with van der Waals surface area (Å²) in [5, 5.41) is 12.7. The van der Waals surface area contributed by atoms with Gasteiger partial charge >= 0.3 is 0 Å². The quantitative estimate of drug-likeness (QED) is 0.866. The Hall–Kier alpha value is -2.31. The summed E-state index contributed by atoms with van der Waals surface area (Å²) in [6.45, 7) is 6.07. The van der Waals surface area contributed by atoms with Crippen LogP contribution in [0.1, 0.15) is 25.0 Å². The van der Waals surface area contributed by atoms with Gasteiger partial charge < -0.3 is 10.1 Å². The Morgan fingerprint density at radius 1 is 1.14 bits per heavy atom. The first-order chi connectivity index (χ1) is 10.2. The van der Waals surface area contributed by atoms with E-state index < -0.39 is 0 Å². The van der Waals surface area contributed by atoms with Gasteiger partial charge in [0, 0.05) is 6.54 Å². The third-order valence-electron chi connectivity index (χ3n) is 3.02. The third-order valence-corrected chi connectivity index (χ3v) is 3.02. The van der Waals surface area contributed by atoms with Crippen LogP contribution in [0.3, 0.4) is 0 Å². The van der Waals surface area contributed by atoms with Gasteiger partial charge in [-0.05, 0) is 42.3 Å². The van der Waals surface area contributed by atoms with Crippen molar-refractivity contribution < 1.29 is 4.74 Å². The highest BCUT2D eigenvalue weighted by Gasteiger charge is 2.06. The molecule has 0 saturated heterocycles. The number of hydrogen-bond acceptors (Lipinski definition) is 3. The SMILES string of the molecule is CC(C)CNCc1ccc(Oc2ccccc2)c(C#N)c1. The van der Waals surface area contributed by atoms with Crippen LogP contribution in [0.25, 0.3) is 0 Å². The second kappa shape index (κ2) is 7.47. The molecule has 2 aromatic rings. The lowest BCUT2D eigenvalue weighted by Gasteiger charge is -2.10. The molecule has 0 atom stereocenters. The molecule has 0 aliphatic rings. The Kier molecular flexibility index (Phi) is 5.36. The molecule has 0 spiro atoms. The molecule has 3 nitrogen and oxygen atoms in total. The van der Waals surface area contributed by atoms with E-state index in [1.165, 1.54) is 0 Å². The molecular weight excluding hydrogens is 260 g/mol. The molecule has 21 heavy (non-hydrogen) atoms. The molecule has 0 unspecified atom stereocenters. The van der Waals surface area contributed by atoms with Crippen LogP contribution in [0.4, 0.5) is 0 Å². The van der Waals surface area contributed by atoms with E-state index in [0.29, 0.717) is 17.2 Å². The minimum absolute atomic E-state index is 0.558. The topological polar surface area (TPSA) is 45.0 Å². The fourth-order valence-corrected chi connectivity index (χ4v) is 1.98. The average Bonchev–Trinajstić information content (AvgIpc) is 2.49. The Bertz CT molecular complexity index is 615. The van der Waals surface area contributed by atoms with Crippen molar-refractivity contribution in [1.29, 1.82) is 5.26 Å². The molecule has 0 fully saturated rings. The van der Waals surface area contributed by atoms with Crippen molar-refractivity contribution in [2.24, 2.45) is 5.92 Å². The van der Waals surface area contributed by atoms with Gasteiger partial charge in [-0.15, -0.1) is 0 Å². The van der Waals surface area contributed by atoms with Crippen molar-refractivity contribution in [3.63, 3.8) is 0 Å². The summed E-state index contributed by atoms with van der Waals surface area (Å²) in [7, 11) is 0. The number of hydrogen-bond donors (Lipinski definition) is 1. The lowest BCUT2D eigenvalue weighted by Crippen LogP contribution is -2.18. The highest BCUT2D eigenvalue weighted by molar-refractivity contribution is 5.47. The zero-order chi connectivity index (χ0) is 15.1. The van der Waals surface area contributed by atoms with E-state index in [-0.39, 0.29) is 0 Å². The zero-order valence-corrected chi connectivity index (χ0v) is 12.5. The van der Waals surface area contributed by atoms with E-state index in [0.717, 1.165) is 24.4 Å². The molecule has 0 aliphatic carbocycles. The van der Waals surface area contributed by atoms with E-state index in [1.807, 2.05) is 48.5 Å². The smallest absolute Gasteiger partial charge is 0.145 e. The van der Waals surface area contributed by atoms with Crippen molar-refractivity contribution in [2.45, 2.75) is 20.4 Å². The van der Waals surface area contributed by atoms with Crippen LogP contribution in [-0.4, -0.2) is 6.54 Å². The summed E-state index contributed by atoms with van der Waals surface area (Å²) in [6.07, 6.45) is 0. The van der Waals surface area contributed by atoms with Crippen molar-refractivity contribution in [1.82, 2.24) is 5.32 Å². The molecule has 3 heteroatoms. The van der Waals surface area contributed by atoms with Crippen LogP contribution < -0.4 is 10.1 Å². The Balaban J connectivity index is 2.08. The minimum atomic E-state index is 0.558. The van der Waals surface area contributed by atoms with Gasteiger partial charge in [0.1, 0.15) is 17.6 Å². The van der Waals surface area contributed by atoms with E-state index in [1.54, 1.807) is 0 Å². The van der Waals surface area contributed by atoms with Crippen LogP contribution in [0.5, 0.6) is 11.5 Å². The molecule has 0 saturated carbocycles. The highest BCUT2D eigenvalue weighted by Crippen LogP contribution is 2.25. The molecule has 0 aromatic heterocycles.